The molecule has 1 aromatic rings. The fourth-order valence-electron chi connectivity index (χ4n) is 1.97. The van der Waals surface area contributed by atoms with E-state index in [4.69, 9.17) is 5.73 Å². The molecule has 3 N–H and O–H groups in total. The minimum Gasteiger partial charge on any atom is -0.375 e. The van der Waals surface area contributed by atoms with Gasteiger partial charge < -0.3 is 16.0 Å². The van der Waals surface area contributed by atoms with Crippen LogP contribution in [0.5, 0.6) is 0 Å². The normalized spacial score (nSPS) is 13.6. The van der Waals surface area contributed by atoms with Crippen LogP contribution in [-0.4, -0.2) is 32.1 Å². The second-order valence-corrected chi connectivity index (χ2v) is 5.31. The molecule has 0 aliphatic carbocycles. The lowest BCUT2D eigenvalue weighted by molar-refractivity contribution is -0.123. The van der Waals surface area contributed by atoms with Gasteiger partial charge in [-0.25, -0.2) is 0 Å². The number of hydrogen-bond donors (Lipinski definition) is 2. The van der Waals surface area contributed by atoms with Crippen LogP contribution in [0.4, 0.5) is 5.69 Å². The van der Waals surface area contributed by atoms with Crippen LogP contribution in [0.25, 0.3) is 0 Å². The number of hydrogen-bond acceptors (Lipinski definition) is 3. The standard InChI is InChI=1S/C16H27N3O/c1-4-13(2)15(17)16(20)18-11-8-12-19(3)14-9-6-5-7-10-14/h5-7,9-10,13,15H,4,8,11-12,17H2,1-3H3,(H,18,20)/t13-,15-/m0/s1. The van der Waals surface area contributed by atoms with Gasteiger partial charge in [-0.2, -0.15) is 0 Å². The van der Waals surface area contributed by atoms with E-state index in [1.54, 1.807) is 0 Å². The summed E-state index contributed by atoms with van der Waals surface area (Å²) in [7, 11) is 2.06. The number of carbonyl (C=O) groups is 1. The Morgan fingerprint density at radius 1 is 1.35 bits per heavy atom. The van der Waals surface area contributed by atoms with Crippen LogP contribution < -0.4 is 16.0 Å². The van der Waals surface area contributed by atoms with Gasteiger partial charge in [-0.1, -0.05) is 38.5 Å². The summed E-state index contributed by atoms with van der Waals surface area (Å²) in [6.45, 7) is 5.63. The Hall–Kier alpha value is -1.55. The van der Waals surface area contributed by atoms with Gasteiger partial charge in [0.05, 0.1) is 6.04 Å². The average molecular weight is 277 g/mol. The first kappa shape index (κ1) is 16.5. The lowest BCUT2D eigenvalue weighted by Crippen LogP contribution is -2.45. The molecule has 0 aliphatic heterocycles. The smallest absolute Gasteiger partial charge is 0.237 e. The van der Waals surface area contributed by atoms with Crippen molar-refractivity contribution in [1.82, 2.24) is 5.32 Å². The molecule has 4 nitrogen and oxygen atoms in total. The first-order chi connectivity index (χ1) is 9.56. The van der Waals surface area contributed by atoms with Crippen molar-refractivity contribution in [3.63, 3.8) is 0 Å². The van der Waals surface area contributed by atoms with E-state index in [0.717, 1.165) is 19.4 Å². The Balaban J connectivity index is 2.23. The van der Waals surface area contributed by atoms with Gasteiger partial charge in [-0.05, 0) is 24.5 Å². The van der Waals surface area contributed by atoms with Crippen molar-refractivity contribution in [2.75, 3.05) is 25.0 Å². The number of nitrogens with zero attached hydrogens (tertiary/aromatic N) is 1. The zero-order valence-corrected chi connectivity index (χ0v) is 12.8. The predicted molar refractivity (Wildman–Crippen MR) is 84.8 cm³/mol. The first-order valence-corrected chi connectivity index (χ1v) is 7.35. The molecule has 0 saturated carbocycles. The first-order valence-electron chi connectivity index (χ1n) is 7.35. The van der Waals surface area contributed by atoms with Crippen LogP contribution >= 0.6 is 0 Å². The third-order valence-electron chi connectivity index (χ3n) is 3.73. The molecule has 0 aliphatic rings. The molecule has 0 heterocycles. The van der Waals surface area contributed by atoms with Crippen molar-refractivity contribution in [2.45, 2.75) is 32.7 Å². The molecule has 0 radical (unpaired) electrons. The zero-order valence-electron chi connectivity index (χ0n) is 12.8. The van der Waals surface area contributed by atoms with E-state index in [0.29, 0.717) is 6.54 Å². The molecule has 2 atom stereocenters. The summed E-state index contributed by atoms with van der Waals surface area (Å²) in [5.74, 6) is 0.184. The Morgan fingerprint density at radius 3 is 2.60 bits per heavy atom. The number of benzene rings is 1. The Morgan fingerprint density at radius 2 is 2.00 bits per heavy atom. The summed E-state index contributed by atoms with van der Waals surface area (Å²) in [5, 5.41) is 2.91. The van der Waals surface area contributed by atoms with E-state index in [2.05, 4.69) is 29.4 Å². The van der Waals surface area contributed by atoms with Crippen molar-refractivity contribution in [3.05, 3.63) is 30.3 Å². The molecule has 112 valence electrons. The van der Waals surface area contributed by atoms with Crippen LogP contribution in [0.15, 0.2) is 30.3 Å². The van der Waals surface area contributed by atoms with Crippen molar-refractivity contribution in [1.29, 1.82) is 0 Å². The molecular weight excluding hydrogens is 250 g/mol. The minimum absolute atomic E-state index is 0.0401. The fourth-order valence-corrected chi connectivity index (χ4v) is 1.97. The lowest BCUT2D eigenvalue weighted by atomic mass is 9.99. The summed E-state index contributed by atoms with van der Waals surface area (Å²) < 4.78 is 0. The third kappa shape index (κ3) is 5.21. The fraction of sp³-hybridized carbons (Fsp3) is 0.562. The molecule has 4 heteroatoms. The third-order valence-corrected chi connectivity index (χ3v) is 3.73. The van der Waals surface area contributed by atoms with Crippen LogP contribution in [0.3, 0.4) is 0 Å². The summed E-state index contributed by atoms with van der Waals surface area (Å²) >= 11 is 0. The summed E-state index contributed by atoms with van der Waals surface area (Å²) in [5.41, 5.74) is 7.07. The lowest BCUT2D eigenvalue weighted by Gasteiger charge is -2.20. The minimum atomic E-state index is -0.396. The number of anilines is 1. The van der Waals surface area contributed by atoms with E-state index in [9.17, 15) is 4.79 Å². The molecule has 0 bridgehead atoms. The quantitative estimate of drug-likeness (QED) is 0.715. The van der Waals surface area contributed by atoms with E-state index in [-0.39, 0.29) is 11.8 Å². The monoisotopic (exact) mass is 277 g/mol. The highest BCUT2D eigenvalue weighted by molar-refractivity contribution is 5.81. The number of para-hydroxylation sites is 1. The SMILES string of the molecule is CC[C@H](C)[C@H](N)C(=O)NCCCN(C)c1ccccc1. The van der Waals surface area contributed by atoms with Gasteiger partial charge in [-0.15, -0.1) is 0 Å². The maximum atomic E-state index is 11.8. The highest BCUT2D eigenvalue weighted by atomic mass is 16.2. The molecule has 0 aromatic heterocycles. The molecule has 0 unspecified atom stereocenters. The van der Waals surface area contributed by atoms with Crippen LogP contribution in [0, 0.1) is 5.92 Å². The molecule has 1 amide bonds. The molecule has 1 aromatic carbocycles. The highest BCUT2D eigenvalue weighted by Gasteiger charge is 2.18. The van der Waals surface area contributed by atoms with Crippen molar-refractivity contribution in [2.24, 2.45) is 11.7 Å². The maximum absolute atomic E-state index is 11.8. The van der Waals surface area contributed by atoms with Gasteiger partial charge in [0.1, 0.15) is 0 Å². The summed E-state index contributed by atoms with van der Waals surface area (Å²) in [4.78, 5) is 14.0. The summed E-state index contributed by atoms with van der Waals surface area (Å²) in [6, 6.07) is 9.83. The summed E-state index contributed by atoms with van der Waals surface area (Å²) in [6.07, 6.45) is 1.83. The molecule has 20 heavy (non-hydrogen) atoms. The van der Waals surface area contributed by atoms with Gasteiger partial charge in [0, 0.05) is 25.8 Å². The number of rotatable bonds is 8. The van der Waals surface area contributed by atoms with Gasteiger partial charge in [-0.3, -0.25) is 4.79 Å². The van der Waals surface area contributed by atoms with Crippen LogP contribution in [-0.2, 0) is 4.79 Å². The van der Waals surface area contributed by atoms with E-state index < -0.39 is 6.04 Å². The van der Waals surface area contributed by atoms with E-state index in [1.807, 2.05) is 32.0 Å². The van der Waals surface area contributed by atoms with Crippen molar-refractivity contribution in [3.8, 4) is 0 Å². The van der Waals surface area contributed by atoms with Crippen LogP contribution in [0.2, 0.25) is 0 Å². The number of nitrogens with one attached hydrogen (secondary N) is 1. The Bertz CT molecular complexity index is 394. The number of nitrogens with two attached hydrogens (primary N) is 1. The topological polar surface area (TPSA) is 58.4 Å². The molecular formula is C16H27N3O. The molecule has 0 fully saturated rings. The van der Waals surface area contributed by atoms with E-state index >= 15 is 0 Å². The second kappa shape index (κ2) is 8.59. The Labute approximate surface area is 122 Å². The largest absolute Gasteiger partial charge is 0.375 e. The van der Waals surface area contributed by atoms with Gasteiger partial charge >= 0.3 is 0 Å². The predicted octanol–water partition coefficient (Wildman–Crippen LogP) is 2.00. The van der Waals surface area contributed by atoms with Gasteiger partial charge in [0.2, 0.25) is 5.91 Å². The van der Waals surface area contributed by atoms with Crippen molar-refractivity contribution >= 4 is 11.6 Å². The average Bonchev–Trinajstić information content (AvgIpc) is 2.50. The second-order valence-electron chi connectivity index (χ2n) is 5.31. The zero-order chi connectivity index (χ0) is 15.0. The van der Waals surface area contributed by atoms with Gasteiger partial charge in [0.15, 0.2) is 0 Å². The molecule has 0 spiro atoms. The van der Waals surface area contributed by atoms with Crippen molar-refractivity contribution < 1.29 is 4.79 Å². The number of carbonyl (C=O) groups excluding carboxylic acids is 1. The molecule has 1 rings (SSSR count). The maximum Gasteiger partial charge on any atom is 0.237 e. The van der Waals surface area contributed by atoms with E-state index in [1.165, 1.54) is 5.69 Å². The number of amides is 1. The Kier molecular flexibility index (Phi) is 7.09. The highest BCUT2D eigenvalue weighted by Crippen LogP contribution is 2.10. The molecule has 0 saturated heterocycles. The van der Waals surface area contributed by atoms with Gasteiger partial charge in [0.25, 0.3) is 0 Å². The van der Waals surface area contributed by atoms with Crippen LogP contribution in [0.1, 0.15) is 26.7 Å².